The highest BCUT2D eigenvalue weighted by Crippen LogP contribution is 2.16. The second kappa shape index (κ2) is 4.88. The van der Waals surface area contributed by atoms with Crippen molar-refractivity contribution in [1.82, 2.24) is 0 Å². The lowest BCUT2D eigenvalue weighted by molar-refractivity contribution is -0.122. The van der Waals surface area contributed by atoms with E-state index in [0.717, 1.165) is 0 Å². The van der Waals surface area contributed by atoms with E-state index in [-0.39, 0.29) is 11.8 Å². The van der Waals surface area contributed by atoms with Gasteiger partial charge in [-0.1, -0.05) is 13.8 Å². The Kier molecular flexibility index (Phi) is 4.50. The first-order valence-corrected chi connectivity index (χ1v) is 3.84. The molecule has 0 aliphatic heterocycles. The Morgan fingerprint density at radius 2 is 2.00 bits per heavy atom. The van der Waals surface area contributed by atoms with Gasteiger partial charge in [0.05, 0.1) is 0 Å². The van der Waals surface area contributed by atoms with E-state index in [0.29, 0.717) is 12.8 Å². The van der Waals surface area contributed by atoms with E-state index in [1.165, 1.54) is 0 Å². The van der Waals surface area contributed by atoms with E-state index < -0.39 is 5.91 Å². The monoisotopic (exact) mass is 156 g/mol. The molecule has 0 saturated carbocycles. The Bertz CT molecular complexity index is 145. The lowest BCUT2D eigenvalue weighted by atomic mass is 9.89. The van der Waals surface area contributed by atoms with Gasteiger partial charge in [-0.15, -0.1) is 0 Å². The van der Waals surface area contributed by atoms with E-state index >= 15 is 0 Å². The fraction of sp³-hybridized carbons (Fsp3) is 0.750. The minimum absolute atomic E-state index is 0.322. The molecule has 0 aromatic rings. The Labute approximate surface area is 67.0 Å². The Balaban J connectivity index is 4.20. The molecule has 1 amide bonds. The zero-order valence-electron chi connectivity index (χ0n) is 6.96. The minimum Gasteiger partial charge on any atom is -0.369 e. The summed E-state index contributed by atoms with van der Waals surface area (Å²) < 4.78 is 0. The summed E-state index contributed by atoms with van der Waals surface area (Å²) in [6.45, 7) is 3.69. The molecule has 0 aromatic carbocycles. The molecular formula is C8H14NO2. The number of amides is 1. The summed E-state index contributed by atoms with van der Waals surface area (Å²) in [7, 11) is 0. The summed E-state index contributed by atoms with van der Waals surface area (Å²) in [5.74, 6) is -1.06. The van der Waals surface area contributed by atoms with Crippen LogP contribution in [-0.4, -0.2) is 12.2 Å². The molecule has 2 N–H and O–H groups in total. The van der Waals surface area contributed by atoms with Crippen LogP contribution in [0.15, 0.2) is 0 Å². The van der Waals surface area contributed by atoms with Gasteiger partial charge in [-0.3, -0.25) is 9.59 Å². The van der Waals surface area contributed by atoms with Crippen molar-refractivity contribution in [2.75, 3.05) is 0 Å². The first-order chi connectivity index (χ1) is 5.17. The second-order valence-electron chi connectivity index (χ2n) is 2.55. The van der Waals surface area contributed by atoms with Gasteiger partial charge in [-0.2, -0.15) is 0 Å². The molecule has 0 bridgehead atoms. The largest absolute Gasteiger partial charge is 0.369 e. The van der Waals surface area contributed by atoms with Gasteiger partial charge in [0.15, 0.2) is 0 Å². The molecule has 0 heterocycles. The van der Waals surface area contributed by atoms with Crippen LogP contribution in [0.25, 0.3) is 0 Å². The van der Waals surface area contributed by atoms with Crippen LogP contribution in [0.2, 0.25) is 0 Å². The van der Waals surface area contributed by atoms with Crippen LogP contribution in [0.5, 0.6) is 0 Å². The number of hydrogen-bond donors (Lipinski definition) is 1. The summed E-state index contributed by atoms with van der Waals surface area (Å²) in [4.78, 5) is 21.0. The Morgan fingerprint density at radius 3 is 2.09 bits per heavy atom. The number of rotatable bonds is 5. The van der Waals surface area contributed by atoms with Crippen LogP contribution in [0.3, 0.4) is 0 Å². The Morgan fingerprint density at radius 1 is 1.45 bits per heavy atom. The zero-order valence-corrected chi connectivity index (χ0v) is 6.96. The average Bonchev–Trinajstić information content (AvgIpc) is 1.99. The van der Waals surface area contributed by atoms with Crippen LogP contribution >= 0.6 is 0 Å². The molecule has 0 aliphatic carbocycles. The lowest BCUT2D eigenvalue weighted by Crippen LogP contribution is -2.29. The fourth-order valence-corrected chi connectivity index (χ4v) is 1.13. The third-order valence-corrected chi connectivity index (χ3v) is 1.88. The molecule has 1 radical (unpaired) electrons. The maximum absolute atomic E-state index is 10.7. The lowest BCUT2D eigenvalue weighted by Gasteiger charge is -2.14. The van der Waals surface area contributed by atoms with E-state index in [1.54, 1.807) is 0 Å². The topological polar surface area (TPSA) is 60.2 Å². The number of hydrogen-bond acceptors (Lipinski definition) is 2. The standard InChI is InChI=1S/C8H14NO2/c1-3-6(5-10)7(4-2)8(9)11/h6-7H,3-4H2,1-2H3,(H2,9,11). The number of nitrogens with two attached hydrogens (primary N) is 1. The normalized spacial score (nSPS) is 15.5. The second-order valence-corrected chi connectivity index (χ2v) is 2.55. The van der Waals surface area contributed by atoms with Gasteiger partial charge in [0.1, 0.15) is 0 Å². The van der Waals surface area contributed by atoms with E-state index in [9.17, 15) is 9.59 Å². The molecule has 3 heteroatoms. The van der Waals surface area contributed by atoms with Gasteiger partial charge in [-0.05, 0) is 12.8 Å². The quantitative estimate of drug-likeness (QED) is 0.634. The molecule has 0 saturated heterocycles. The molecular weight excluding hydrogens is 142 g/mol. The van der Waals surface area contributed by atoms with Crippen molar-refractivity contribution in [2.24, 2.45) is 17.6 Å². The van der Waals surface area contributed by atoms with Crippen LogP contribution in [0.4, 0.5) is 0 Å². The van der Waals surface area contributed by atoms with Crippen molar-refractivity contribution in [1.29, 1.82) is 0 Å². The van der Waals surface area contributed by atoms with Crippen LogP contribution in [0, 0.1) is 11.8 Å². The summed E-state index contributed by atoms with van der Waals surface area (Å²) in [6, 6.07) is 0. The SMILES string of the molecule is CCC([C]=O)C(CC)C(N)=O. The Hall–Kier alpha value is -0.860. The summed E-state index contributed by atoms with van der Waals surface area (Å²) in [5.41, 5.74) is 5.08. The molecule has 0 spiro atoms. The number of primary amides is 1. The molecule has 63 valence electrons. The van der Waals surface area contributed by atoms with Crippen LogP contribution in [-0.2, 0) is 9.59 Å². The smallest absolute Gasteiger partial charge is 0.221 e. The maximum atomic E-state index is 10.7. The van der Waals surface area contributed by atoms with Crippen molar-refractivity contribution >= 4 is 12.2 Å². The third kappa shape index (κ3) is 2.70. The van der Waals surface area contributed by atoms with Gasteiger partial charge >= 0.3 is 0 Å². The highest BCUT2D eigenvalue weighted by Gasteiger charge is 2.23. The minimum atomic E-state index is -0.400. The van der Waals surface area contributed by atoms with Crippen molar-refractivity contribution in [2.45, 2.75) is 26.7 Å². The number of carbonyl (C=O) groups is 1. The predicted molar refractivity (Wildman–Crippen MR) is 42.4 cm³/mol. The highest BCUT2D eigenvalue weighted by atomic mass is 16.1. The molecule has 0 aromatic heterocycles. The summed E-state index contributed by atoms with van der Waals surface area (Å²) >= 11 is 0. The van der Waals surface area contributed by atoms with E-state index in [1.807, 2.05) is 20.1 Å². The van der Waals surface area contributed by atoms with Crippen molar-refractivity contribution in [3.63, 3.8) is 0 Å². The first-order valence-electron chi connectivity index (χ1n) is 3.84. The zero-order chi connectivity index (χ0) is 8.85. The van der Waals surface area contributed by atoms with Crippen LogP contribution in [0.1, 0.15) is 26.7 Å². The summed E-state index contributed by atoms with van der Waals surface area (Å²) in [5, 5.41) is 0. The predicted octanol–water partition coefficient (Wildman–Crippen LogP) is 0.634. The highest BCUT2D eigenvalue weighted by molar-refractivity contribution is 5.80. The first kappa shape index (κ1) is 10.1. The maximum Gasteiger partial charge on any atom is 0.221 e. The molecule has 11 heavy (non-hydrogen) atoms. The fourth-order valence-electron chi connectivity index (χ4n) is 1.13. The van der Waals surface area contributed by atoms with E-state index in [2.05, 4.69) is 0 Å². The molecule has 2 unspecified atom stereocenters. The molecule has 2 atom stereocenters. The van der Waals surface area contributed by atoms with E-state index in [4.69, 9.17) is 5.73 Å². The van der Waals surface area contributed by atoms with Crippen molar-refractivity contribution < 1.29 is 9.59 Å². The van der Waals surface area contributed by atoms with Crippen molar-refractivity contribution in [3.8, 4) is 0 Å². The summed E-state index contributed by atoms with van der Waals surface area (Å²) in [6.07, 6.45) is 3.08. The molecule has 0 aliphatic rings. The molecule has 3 nitrogen and oxygen atoms in total. The molecule has 0 rings (SSSR count). The molecule has 0 fully saturated rings. The van der Waals surface area contributed by atoms with Gasteiger partial charge in [0, 0.05) is 11.8 Å². The van der Waals surface area contributed by atoms with Gasteiger partial charge in [-0.25, -0.2) is 0 Å². The van der Waals surface area contributed by atoms with Crippen LogP contribution < -0.4 is 5.73 Å². The van der Waals surface area contributed by atoms with Gasteiger partial charge in [0.2, 0.25) is 12.2 Å². The van der Waals surface area contributed by atoms with Crippen molar-refractivity contribution in [3.05, 3.63) is 0 Å². The average molecular weight is 156 g/mol. The van der Waals surface area contributed by atoms with Gasteiger partial charge in [0.25, 0.3) is 0 Å². The third-order valence-electron chi connectivity index (χ3n) is 1.88. The van der Waals surface area contributed by atoms with Gasteiger partial charge < -0.3 is 5.73 Å². The number of carbonyl (C=O) groups excluding carboxylic acids is 2.